The van der Waals surface area contributed by atoms with Crippen LogP contribution in [0.1, 0.15) is 40.5 Å². The molecule has 1 aliphatic rings. The minimum atomic E-state index is 0.913. The molecule has 0 atom stereocenters. The van der Waals surface area contributed by atoms with E-state index in [0.717, 1.165) is 26.3 Å². The second-order valence-corrected chi connectivity index (χ2v) is 2.92. The van der Waals surface area contributed by atoms with Gasteiger partial charge in [0.05, 0.1) is 13.2 Å². The van der Waals surface area contributed by atoms with Crippen LogP contribution in [0.25, 0.3) is 0 Å². The van der Waals surface area contributed by atoms with Gasteiger partial charge in [-0.1, -0.05) is 40.5 Å². The Hall–Kier alpha value is -0.0800. The third-order valence-electron chi connectivity index (χ3n) is 1.73. The average Bonchev–Trinajstić information content (AvgIpc) is 2.22. The Bertz CT molecular complexity index is 68.5. The Morgan fingerprint density at radius 3 is 1.54 bits per heavy atom. The van der Waals surface area contributed by atoms with Gasteiger partial charge in [0, 0.05) is 13.1 Å². The van der Waals surface area contributed by atoms with Crippen molar-refractivity contribution in [3.63, 3.8) is 0 Å². The SMILES string of the molecule is CC.CCCC.CN1CCOCC1. The number of morpholine rings is 1. The number of hydrogen-bond donors (Lipinski definition) is 0. The van der Waals surface area contributed by atoms with Crippen LogP contribution in [-0.4, -0.2) is 38.3 Å². The minimum absolute atomic E-state index is 0.913. The maximum Gasteiger partial charge on any atom is 0.0594 e. The van der Waals surface area contributed by atoms with Crippen molar-refractivity contribution in [1.82, 2.24) is 4.90 Å². The van der Waals surface area contributed by atoms with E-state index in [0.29, 0.717) is 0 Å². The lowest BCUT2D eigenvalue weighted by molar-refractivity contribution is 0.0503. The lowest BCUT2D eigenvalue weighted by Gasteiger charge is -2.21. The number of rotatable bonds is 1. The number of nitrogens with zero attached hydrogens (tertiary/aromatic N) is 1. The van der Waals surface area contributed by atoms with Crippen LogP contribution in [0.5, 0.6) is 0 Å². The van der Waals surface area contributed by atoms with Gasteiger partial charge in [-0.2, -0.15) is 0 Å². The Balaban J connectivity index is 0. The molecule has 1 rings (SSSR count). The van der Waals surface area contributed by atoms with Crippen LogP contribution in [0.2, 0.25) is 0 Å². The Morgan fingerprint density at radius 1 is 1.00 bits per heavy atom. The number of ether oxygens (including phenoxy) is 1. The fraction of sp³-hybridized carbons (Fsp3) is 1.00. The van der Waals surface area contributed by atoms with Gasteiger partial charge in [0.1, 0.15) is 0 Å². The van der Waals surface area contributed by atoms with Gasteiger partial charge in [0.25, 0.3) is 0 Å². The van der Waals surface area contributed by atoms with E-state index >= 15 is 0 Å². The molecule has 0 bridgehead atoms. The van der Waals surface area contributed by atoms with Crippen molar-refractivity contribution >= 4 is 0 Å². The molecule has 0 aromatic heterocycles. The molecule has 0 spiro atoms. The summed E-state index contributed by atoms with van der Waals surface area (Å²) >= 11 is 0. The summed E-state index contributed by atoms with van der Waals surface area (Å²) in [6, 6.07) is 0. The summed E-state index contributed by atoms with van der Waals surface area (Å²) in [6.07, 6.45) is 2.64. The van der Waals surface area contributed by atoms with Gasteiger partial charge in [0.15, 0.2) is 0 Å². The van der Waals surface area contributed by atoms with Crippen molar-refractivity contribution in [3.8, 4) is 0 Å². The van der Waals surface area contributed by atoms with E-state index < -0.39 is 0 Å². The van der Waals surface area contributed by atoms with E-state index in [2.05, 4.69) is 25.8 Å². The zero-order chi connectivity index (χ0) is 10.5. The van der Waals surface area contributed by atoms with E-state index in [9.17, 15) is 0 Å². The van der Waals surface area contributed by atoms with E-state index in [-0.39, 0.29) is 0 Å². The summed E-state index contributed by atoms with van der Waals surface area (Å²) in [5.74, 6) is 0. The van der Waals surface area contributed by atoms with E-state index in [1.54, 1.807) is 0 Å². The minimum Gasteiger partial charge on any atom is -0.379 e. The van der Waals surface area contributed by atoms with Crippen LogP contribution < -0.4 is 0 Å². The molecule has 1 aliphatic heterocycles. The Labute approximate surface area is 84.3 Å². The third-order valence-corrected chi connectivity index (χ3v) is 1.73. The van der Waals surface area contributed by atoms with Gasteiger partial charge in [-0.05, 0) is 7.05 Å². The second-order valence-electron chi connectivity index (χ2n) is 2.92. The molecule has 0 radical (unpaired) electrons. The molecule has 1 heterocycles. The second kappa shape index (κ2) is 14.4. The summed E-state index contributed by atoms with van der Waals surface area (Å²) in [5, 5.41) is 0. The largest absolute Gasteiger partial charge is 0.379 e. The highest BCUT2D eigenvalue weighted by Crippen LogP contribution is 1.89. The summed E-state index contributed by atoms with van der Waals surface area (Å²) in [7, 11) is 2.11. The smallest absolute Gasteiger partial charge is 0.0594 e. The third kappa shape index (κ3) is 14.7. The van der Waals surface area contributed by atoms with Crippen LogP contribution in [0.4, 0.5) is 0 Å². The average molecular weight is 189 g/mol. The molecular formula is C11H27NO. The Kier molecular flexibility index (Phi) is 17.1. The molecule has 0 N–H and O–H groups in total. The monoisotopic (exact) mass is 189 g/mol. The summed E-state index contributed by atoms with van der Waals surface area (Å²) < 4.78 is 5.10. The first-order chi connectivity index (χ1) is 6.31. The topological polar surface area (TPSA) is 12.5 Å². The summed E-state index contributed by atoms with van der Waals surface area (Å²) in [6.45, 7) is 12.4. The van der Waals surface area contributed by atoms with Gasteiger partial charge in [-0.15, -0.1) is 0 Å². The van der Waals surface area contributed by atoms with Gasteiger partial charge in [-0.25, -0.2) is 0 Å². The first-order valence-electron chi connectivity index (χ1n) is 5.57. The summed E-state index contributed by atoms with van der Waals surface area (Å²) in [4.78, 5) is 2.27. The highest BCUT2D eigenvalue weighted by molar-refractivity contribution is 4.53. The zero-order valence-corrected chi connectivity index (χ0v) is 10.1. The Morgan fingerprint density at radius 2 is 1.38 bits per heavy atom. The molecule has 0 unspecified atom stereocenters. The zero-order valence-electron chi connectivity index (χ0n) is 10.1. The first-order valence-corrected chi connectivity index (χ1v) is 5.57. The van der Waals surface area contributed by atoms with Crippen LogP contribution in [-0.2, 0) is 4.74 Å². The molecule has 1 saturated heterocycles. The number of hydrogen-bond acceptors (Lipinski definition) is 2. The van der Waals surface area contributed by atoms with Crippen molar-refractivity contribution in [2.45, 2.75) is 40.5 Å². The molecule has 0 aliphatic carbocycles. The van der Waals surface area contributed by atoms with E-state index in [1.165, 1.54) is 12.8 Å². The van der Waals surface area contributed by atoms with Crippen LogP contribution in [0.15, 0.2) is 0 Å². The molecule has 13 heavy (non-hydrogen) atoms. The van der Waals surface area contributed by atoms with Crippen molar-refractivity contribution in [3.05, 3.63) is 0 Å². The first kappa shape index (κ1) is 15.4. The lowest BCUT2D eigenvalue weighted by Crippen LogP contribution is -2.32. The molecular weight excluding hydrogens is 162 g/mol. The quantitative estimate of drug-likeness (QED) is 0.629. The lowest BCUT2D eigenvalue weighted by atomic mass is 10.4. The predicted molar refractivity (Wildman–Crippen MR) is 60.2 cm³/mol. The van der Waals surface area contributed by atoms with Crippen molar-refractivity contribution in [1.29, 1.82) is 0 Å². The molecule has 2 heteroatoms. The highest BCUT2D eigenvalue weighted by Gasteiger charge is 2.02. The fourth-order valence-electron chi connectivity index (χ4n) is 0.655. The maximum atomic E-state index is 5.10. The standard InChI is InChI=1S/C5H11NO.C4H10.C2H6/c1-6-2-4-7-5-3-6;1-3-4-2;1-2/h2-5H2,1H3;3-4H2,1-2H3;1-2H3. The van der Waals surface area contributed by atoms with Crippen molar-refractivity contribution < 1.29 is 4.74 Å². The van der Waals surface area contributed by atoms with Gasteiger partial charge >= 0.3 is 0 Å². The molecule has 1 fully saturated rings. The molecule has 2 nitrogen and oxygen atoms in total. The van der Waals surface area contributed by atoms with Gasteiger partial charge < -0.3 is 9.64 Å². The molecule has 82 valence electrons. The van der Waals surface area contributed by atoms with Gasteiger partial charge in [-0.3, -0.25) is 0 Å². The molecule has 0 aromatic carbocycles. The fourth-order valence-corrected chi connectivity index (χ4v) is 0.655. The predicted octanol–water partition coefficient (Wildman–Crippen LogP) is 2.78. The van der Waals surface area contributed by atoms with Crippen LogP contribution in [0, 0.1) is 0 Å². The van der Waals surface area contributed by atoms with E-state index in [4.69, 9.17) is 4.74 Å². The van der Waals surface area contributed by atoms with Gasteiger partial charge in [0.2, 0.25) is 0 Å². The number of likely N-dealkylation sites (N-methyl/N-ethyl adjacent to an activating group) is 1. The van der Waals surface area contributed by atoms with Crippen molar-refractivity contribution in [2.75, 3.05) is 33.4 Å². The van der Waals surface area contributed by atoms with Crippen molar-refractivity contribution in [2.24, 2.45) is 0 Å². The van der Waals surface area contributed by atoms with Crippen LogP contribution >= 0.6 is 0 Å². The molecule has 0 aromatic rings. The number of unbranched alkanes of at least 4 members (excludes halogenated alkanes) is 1. The maximum absolute atomic E-state index is 5.10. The van der Waals surface area contributed by atoms with E-state index in [1.807, 2.05) is 13.8 Å². The molecule has 0 amide bonds. The normalized spacial score (nSPS) is 16.4. The van der Waals surface area contributed by atoms with Crippen LogP contribution in [0.3, 0.4) is 0 Å². The summed E-state index contributed by atoms with van der Waals surface area (Å²) in [5.41, 5.74) is 0. The highest BCUT2D eigenvalue weighted by atomic mass is 16.5. The molecule has 0 saturated carbocycles.